The van der Waals surface area contributed by atoms with E-state index in [0.717, 1.165) is 87.6 Å². The van der Waals surface area contributed by atoms with Gasteiger partial charge in [-0.15, -0.1) is 0 Å². The lowest BCUT2D eigenvalue weighted by Gasteiger charge is -2.27. The maximum Gasteiger partial charge on any atom is 0.410 e. The summed E-state index contributed by atoms with van der Waals surface area (Å²) >= 11 is 0. The molecule has 0 saturated carbocycles. The molecule has 8 rings (SSSR count). The van der Waals surface area contributed by atoms with Crippen LogP contribution in [0.1, 0.15) is 62.9 Å². The van der Waals surface area contributed by atoms with Crippen LogP contribution in [0.5, 0.6) is 5.75 Å². The fourth-order valence-electron chi connectivity index (χ4n) is 7.74. The molecule has 4 atom stereocenters. The lowest BCUT2D eigenvalue weighted by Crippen LogP contribution is -2.37. The largest absolute Gasteiger partial charge is 0.488 e. The number of imidazole rings is 2. The van der Waals surface area contributed by atoms with Crippen LogP contribution in [0, 0.1) is 11.8 Å². The number of aromatic amines is 2. The number of amides is 1. The first kappa shape index (κ1) is 31.8. The van der Waals surface area contributed by atoms with Crippen molar-refractivity contribution in [1.82, 2.24) is 30.2 Å². The van der Waals surface area contributed by atoms with Crippen molar-refractivity contribution in [1.29, 1.82) is 0 Å². The van der Waals surface area contributed by atoms with Gasteiger partial charge < -0.3 is 34.2 Å². The Morgan fingerprint density at radius 2 is 1.82 bits per heavy atom. The van der Waals surface area contributed by atoms with Crippen LogP contribution in [0.4, 0.5) is 4.79 Å². The standard InChI is InChI=1S/C38H44N6O5/c1-38(2,3)49-37(45)44-17-22(19-47-5)11-32(44)36-41-29-9-7-23-13-28-26-8-6-24(12-25(26)20-48-33(28)14-27(23)34(29)43-36)31-16-40-35(42-31)30-10-21(15-39-30)18-46-4/h6-9,12-14,16,21-22,30,32,39H,10-11,15,17-20H2,1-5H3,(H,40,42)(H,41,43)/t21-,22-,30-,32-/m0/s1. The van der Waals surface area contributed by atoms with E-state index >= 15 is 0 Å². The van der Waals surface area contributed by atoms with Gasteiger partial charge in [0, 0.05) is 44.2 Å². The number of fused-ring (bicyclic) bond motifs is 6. The average molecular weight is 665 g/mol. The number of H-pyrrole nitrogens is 2. The van der Waals surface area contributed by atoms with Gasteiger partial charge in [-0.3, -0.25) is 4.90 Å². The van der Waals surface area contributed by atoms with Crippen molar-refractivity contribution in [3.05, 3.63) is 65.9 Å². The third-order valence-electron chi connectivity index (χ3n) is 9.97. The third kappa shape index (κ3) is 6.04. The normalized spacial score (nSPS) is 22.0. The summed E-state index contributed by atoms with van der Waals surface area (Å²) < 4.78 is 23.0. The van der Waals surface area contributed by atoms with Crippen LogP contribution in [0.2, 0.25) is 0 Å². The number of methoxy groups -OCH3 is 2. The zero-order valence-electron chi connectivity index (χ0n) is 28.8. The topological polar surface area (TPSA) is 127 Å². The molecule has 0 spiro atoms. The highest BCUT2D eigenvalue weighted by atomic mass is 16.6. The Hall–Kier alpha value is -4.45. The van der Waals surface area contributed by atoms with Gasteiger partial charge in [-0.1, -0.05) is 18.2 Å². The molecule has 3 aliphatic rings. The van der Waals surface area contributed by atoms with Gasteiger partial charge in [0.15, 0.2) is 0 Å². The number of benzene rings is 3. The highest BCUT2D eigenvalue weighted by molar-refractivity contribution is 6.07. The molecule has 3 aliphatic heterocycles. The van der Waals surface area contributed by atoms with Gasteiger partial charge in [-0.05, 0) is 85.9 Å². The predicted molar refractivity (Wildman–Crippen MR) is 187 cm³/mol. The lowest BCUT2D eigenvalue weighted by atomic mass is 9.92. The van der Waals surface area contributed by atoms with Crippen LogP contribution < -0.4 is 10.1 Å². The van der Waals surface area contributed by atoms with Crippen LogP contribution in [0.15, 0.2) is 48.7 Å². The predicted octanol–water partition coefficient (Wildman–Crippen LogP) is 6.91. The van der Waals surface area contributed by atoms with Gasteiger partial charge in [0.25, 0.3) is 0 Å². The molecule has 0 radical (unpaired) electrons. The Morgan fingerprint density at radius 3 is 2.63 bits per heavy atom. The summed E-state index contributed by atoms with van der Waals surface area (Å²) in [4.78, 5) is 31.9. The molecule has 1 amide bonds. The molecule has 0 bridgehead atoms. The molecule has 0 aliphatic carbocycles. The van der Waals surface area contributed by atoms with Gasteiger partial charge in [-0.2, -0.15) is 0 Å². The van der Waals surface area contributed by atoms with Crippen LogP contribution in [0.3, 0.4) is 0 Å². The Kier molecular flexibility index (Phi) is 8.08. The van der Waals surface area contributed by atoms with Crippen molar-refractivity contribution in [3.8, 4) is 28.1 Å². The molecule has 3 N–H and O–H groups in total. The summed E-state index contributed by atoms with van der Waals surface area (Å²) in [5.41, 5.74) is 6.65. The first-order valence-corrected chi connectivity index (χ1v) is 17.2. The average Bonchev–Trinajstić information content (AvgIpc) is 3.89. The SMILES string of the molecule is COC[C@@H]1CN[C@H](c2ncc(-c3ccc4c(c3)COc3cc5c(ccc6nc([C@@H]7C[C@H](COC)CN7C(=O)OC(C)(C)C)[nH]c65)cc3-4)[nH]2)C1. The maximum atomic E-state index is 13.3. The Labute approximate surface area is 285 Å². The minimum absolute atomic E-state index is 0.196. The Balaban J connectivity index is 1.08. The molecule has 49 heavy (non-hydrogen) atoms. The number of aromatic nitrogens is 4. The van der Waals surface area contributed by atoms with Crippen molar-refractivity contribution in [3.63, 3.8) is 0 Å². The first-order valence-electron chi connectivity index (χ1n) is 17.2. The van der Waals surface area contributed by atoms with Crippen molar-refractivity contribution < 1.29 is 23.7 Å². The van der Waals surface area contributed by atoms with E-state index in [-0.39, 0.29) is 24.1 Å². The first-order chi connectivity index (χ1) is 23.7. The molecule has 0 unspecified atom stereocenters. The van der Waals surface area contributed by atoms with Crippen LogP contribution in [0.25, 0.3) is 44.2 Å². The molecule has 5 aromatic rings. The number of nitrogens with one attached hydrogen (secondary N) is 3. The van der Waals surface area contributed by atoms with E-state index in [1.165, 1.54) is 5.56 Å². The summed E-state index contributed by atoms with van der Waals surface area (Å²) in [7, 11) is 3.45. The number of carbonyl (C=O) groups is 1. The highest BCUT2D eigenvalue weighted by Crippen LogP contribution is 2.43. The quantitative estimate of drug-likeness (QED) is 0.171. The van der Waals surface area contributed by atoms with Crippen LogP contribution in [-0.2, 0) is 20.8 Å². The summed E-state index contributed by atoms with van der Waals surface area (Å²) in [6.45, 7) is 8.97. The zero-order valence-corrected chi connectivity index (χ0v) is 28.8. The highest BCUT2D eigenvalue weighted by Gasteiger charge is 2.40. The zero-order chi connectivity index (χ0) is 33.9. The molecule has 2 aromatic heterocycles. The molecule has 3 aromatic carbocycles. The van der Waals surface area contributed by atoms with Gasteiger partial charge in [0.2, 0.25) is 0 Å². The molecule has 2 saturated heterocycles. The fraction of sp³-hybridized carbons (Fsp3) is 0.447. The van der Waals surface area contributed by atoms with E-state index in [0.29, 0.717) is 25.7 Å². The fourth-order valence-corrected chi connectivity index (χ4v) is 7.74. The van der Waals surface area contributed by atoms with E-state index in [2.05, 4.69) is 51.7 Å². The molecule has 5 heterocycles. The number of hydrogen-bond donors (Lipinski definition) is 3. The second-order valence-corrected chi connectivity index (χ2v) is 14.7. The number of likely N-dealkylation sites (tertiary alicyclic amines) is 1. The number of rotatable bonds is 7. The summed E-state index contributed by atoms with van der Waals surface area (Å²) in [5.74, 6) is 3.26. The number of hydrogen-bond acceptors (Lipinski definition) is 8. The van der Waals surface area contributed by atoms with Gasteiger partial charge in [0.1, 0.15) is 29.6 Å². The summed E-state index contributed by atoms with van der Waals surface area (Å²) in [6.07, 6.45) is 3.35. The molecular weight excluding hydrogens is 620 g/mol. The van der Waals surface area contributed by atoms with Crippen molar-refractivity contribution in [2.75, 3.05) is 40.5 Å². The van der Waals surface area contributed by atoms with E-state index in [1.54, 1.807) is 19.1 Å². The van der Waals surface area contributed by atoms with Crippen LogP contribution >= 0.6 is 0 Å². The van der Waals surface area contributed by atoms with Crippen molar-refractivity contribution in [2.24, 2.45) is 11.8 Å². The minimum Gasteiger partial charge on any atom is -0.488 e. The second kappa shape index (κ2) is 12.5. The minimum atomic E-state index is -0.589. The second-order valence-electron chi connectivity index (χ2n) is 14.7. The van der Waals surface area contributed by atoms with E-state index < -0.39 is 5.60 Å². The van der Waals surface area contributed by atoms with Gasteiger partial charge in [-0.25, -0.2) is 14.8 Å². The van der Waals surface area contributed by atoms with E-state index in [9.17, 15) is 4.79 Å². The third-order valence-corrected chi connectivity index (χ3v) is 9.97. The van der Waals surface area contributed by atoms with Crippen molar-refractivity contribution >= 4 is 27.9 Å². The number of carbonyl (C=O) groups excluding carboxylic acids is 1. The van der Waals surface area contributed by atoms with Crippen molar-refractivity contribution in [2.45, 2.75) is 57.9 Å². The van der Waals surface area contributed by atoms with Gasteiger partial charge >= 0.3 is 6.09 Å². The molecule has 11 nitrogen and oxygen atoms in total. The molecule has 256 valence electrons. The molecular formula is C38H44N6O5. The van der Waals surface area contributed by atoms with E-state index in [1.807, 2.05) is 33.0 Å². The molecule has 2 fully saturated rings. The monoisotopic (exact) mass is 664 g/mol. The Bertz CT molecular complexity index is 2030. The number of nitrogens with zero attached hydrogens (tertiary/aromatic N) is 3. The molecule has 11 heteroatoms. The Morgan fingerprint density at radius 1 is 0.980 bits per heavy atom. The lowest BCUT2D eigenvalue weighted by molar-refractivity contribution is 0.0209. The maximum absolute atomic E-state index is 13.3. The summed E-state index contributed by atoms with van der Waals surface area (Å²) in [5, 5.41) is 5.69. The summed E-state index contributed by atoms with van der Waals surface area (Å²) in [6, 6.07) is 15.0. The smallest absolute Gasteiger partial charge is 0.410 e. The van der Waals surface area contributed by atoms with Crippen LogP contribution in [-0.4, -0.2) is 77.1 Å². The van der Waals surface area contributed by atoms with E-state index in [4.69, 9.17) is 28.9 Å². The number of ether oxygens (including phenoxy) is 4. The van der Waals surface area contributed by atoms with Gasteiger partial charge in [0.05, 0.1) is 48.2 Å².